The van der Waals surface area contributed by atoms with Crippen molar-refractivity contribution in [3.63, 3.8) is 0 Å². The monoisotopic (exact) mass is 247 g/mol. The number of benzene rings is 1. The Morgan fingerprint density at radius 2 is 2.17 bits per heavy atom. The topological polar surface area (TPSA) is 72.3 Å². The lowest BCUT2D eigenvalue weighted by Crippen LogP contribution is -2.32. The maximum atomic E-state index is 12.0. The molecule has 0 aliphatic carbocycles. The van der Waals surface area contributed by atoms with E-state index in [4.69, 9.17) is 11.5 Å². The quantitative estimate of drug-likeness (QED) is 0.816. The third-order valence-electron chi connectivity index (χ3n) is 3.47. The van der Waals surface area contributed by atoms with Gasteiger partial charge in [0.15, 0.2) is 0 Å². The SMILES string of the molecule is CC(CCN)CN1C(=O)Cc2cc(CN)ccc21. The molecule has 0 aromatic heterocycles. The van der Waals surface area contributed by atoms with Crippen molar-refractivity contribution < 1.29 is 4.79 Å². The summed E-state index contributed by atoms with van der Waals surface area (Å²) < 4.78 is 0. The molecule has 2 rings (SSSR count). The summed E-state index contributed by atoms with van der Waals surface area (Å²) in [6, 6.07) is 6.05. The van der Waals surface area contributed by atoms with E-state index in [-0.39, 0.29) is 5.91 Å². The number of anilines is 1. The third kappa shape index (κ3) is 2.54. The van der Waals surface area contributed by atoms with Gasteiger partial charge in [0.05, 0.1) is 6.42 Å². The molecule has 1 aliphatic heterocycles. The zero-order valence-corrected chi connectivity index (χ0v) is 10.9. The van der Waals surface area contributed by atoms with Crippen LogP contribution in [-0.4, -0.2) is 19.0 Å². The predicted molar refractivity (Wildman–Crippen MR) is 73.2 cm³/mol. The minimum atomic E-state index is 0.183. The molecule has 0 spiro atoms. The van der Waals surface area contributed by atoms with E-state index in [9.17, 15) is 4.79 Å². The highest BCUT2D eigenvalue weighted by Gasteiger charge is 2.28. The van der Waals surface area contributed by atoms with E-state index in [2.05, 4.69) is 6.92 Å². The van der Waals surface area contributed by atoms with Crippen LogP contribution in [0.3, 0.4) is 0 Å². The molecule has 1 aromatic rings. The van der Waals surface area contributed by atoms with Gasteiger partial charge < -0.3 is 16.4 Å². The first kappa shape index (κ1) is 13.1. The van der Waals surface area contributed by atoms with Crippen LogP contribution in [0, 0.1) is 5.92 Å². The highest BCUT2D eigenvalue weighted by Crippen LogP contribution is 2.30. The van der Waals surface area contributed by atoms with Crippen LogP contribution in [0.2, 0.25) is 0 Å². The molecule has 1 aromatic carbocycles. The van der Waals surface area contributed by atoms with Gasteiger partial charge in [-0.2, -0.15) is 0 Å². The van der Waals surface area contributed by atoms with Crippen LogP contribution in [-0.2, 0) is 17.8 Å². The fraction of sp³-hybridized carbons (Fsp3) is 0.500. The Hall–Kier alpha value is -1.39. The molecule has 0 bridgehead atoms. The van der Waals surface area contributed by atoms with Gasteiger partial charge in [-0.25, -0.2) is 0 Å². The molecule has 18 heavy (non-hydrogen) atoms. The van der Waals surface area contributed by atoms with Gasteiger partial charge in [0, 0.05) is 18.8 Å². The van der Waals surface area contributed by atoms with Crippen molar-refractivity contribution in [3.05, 3.63) is 29.3 Å². The fourth-order valence-electron chi connectivity index (χ4n) is 2.45. The zero-order chi connectivity index (χ0) is 13.1. The van der Waals surface area contributed by atoms with Crippen LogP contribution in [0.4, 0.5) is 5.69 Å². The van der Waals surface area contributed by atoms with Crippen molar-refractivity contribution in [2.45, 2.75) is 26.3 Å². The molecule has 4 N–H and O–H groups in total. The standard InChI is InChI=1S/C14H21N3O/c1-10(4-5-15)9-17-13-3-2-11(8-16)6-12(13)7-14(17)18/h2-3,6,10H,4-5,7-9,15-16H2,1H3. The number of carbonyl (C=O) groups is 1. The van der Waals surface area contributed by atoms with Gasteiger partial charge in [0.25, 0.3) is 0 Å². The molecule has 0 fully saturated rings. The van der Waals surface area contributed by atoms with Gasteiger partial charge in [-0.05, 0) is 36.1 Å². The van der Waals surface area contributed by atoms with Crippen molar-refractivity contribution in [2.24, 2.45) is 17.4 Å². The number of rotatable bonds is 5. The molecule has 1 aliphatic rings. The summed E-state index contributed by atoms with van der Waals surface area (Å²) in [6.07, 6.45) is 1.44. The summed E-state index contributed by atoms with van der Waals surface area (Å²) in [4.78, 5) is 13.9. The van der Waals surface area contributed by atoms with Gasteiger partial charge in [-0.15, -0.1) is 0 Å². The van der Waals surface area contributed by atoms with Crippen molar-refractivity contribution in [1.82, 2.24) is 0 Å². The first-order chi connectivity index (χ1) is 8.65. The van der Waals surface area contributed by atoms with Crippen LogP contribution >= 0.6 is 0 Å². The number of nitrogens with zero attached hydrogens (tertiary/aromatic N) is 1. The molecule has 1 unspecified atom stereocenters. The summed E-state index contributed by atoms with van der Waals surface area (Å²) in [5.41, 5.74) is 14.4. The van der Waals surface area contributed by atoms with E-state index >= 15 is 0 Å². The summed E-state index contributed by atoms with van der Waals surface area (Å²) in [6.45, 7) is 4.07. The van der Waals surface area contributed by atoms with Crippen molar-refractivity contribution in [3.8, 4) is 0 Å². The first-order valence-electron chi connectivity index (χ1n) is 6.48. The summed E-state index contributed by atoms with van der Waals surface area (Å²) in [5.74, 6) is 0.613. The number of nitrogens with two attached hydrogens (primary N) is 2. The Kier molecular flexibility index (Phi) is 3.99. The van der Waals surface area contributed by atoms with Crippen molar-refractivity contribution >= 4 is 11.6 Å². The van der Waals surface area contributed by atoms with Gasteiger partial charge in [0.2, 0.25) is 5.91 Å². The average molecular weight is 247 g/mol. The fourth-order valence-corrected chi connectivity index (χ4v) is 2.45. The molecule has 98 valence electrons. The maximum Gasteiger partial charge on any atom is 0.231 e. The number of hydrogen-bond donors (Lipinski definition) is 2. The van der Waals surface area contributed by atoms with Gasteiger partial charge in [0.1, 0.15) is 0 Å². The Morgan fingerprint density at radius 3 is 2.83 bits per heavy atom. The highest BCUT2D eigenvalue weighted by atomic mass is 16.2. The largest absolute Gasteiger partial charge is 0.330 e. The molecule has 0 radical (unpaired) electrons. The number of hydrogen-bond acceptors (Lipinski definition) is 3. The van der Waals surface area contributed by atoms with E-state index in [1.165, 1.54) is 0 Å². The average Bonchev–Trinajstić information content (AvgIpc) is 2.65. The summed E-state index contributed by atoms with van der Waals surface area (Å²) in [7, 11) is 0. The van der Waals surface area contributed by atoms with E-state index in [1.807, 2.05) is 23.1 Å². The smallest absolute Gasteiger partial charge is 0.231 e. The van der Waals surface area contributed by atoms with E-state index < -0.39 is 0 Å². The second-order valence-electron chi connectivity index (χ2n) is 5.03. The third-order valence-corrected chi connectivity index (χ3v) is 3.47. The van der Waals surface area contributed by atoms with Gasteiger partial charge in [-0.3, -0.25) is 4.79 Å². The Balaban J connectivity index is 2.17. The van der Waals surface area contributed by atoms with Gasteiger partial charge in [-0.1, -0.05) is 19.1 Å². The van der Waals surface area contributed by atoms with E-state index in [1.54, 1.807) is 0 Å². The van der Waals surface area contributed by atoms with Crippen LogP contribution < -0.4 is 16.4 Å². The second kappa shape index (κ2) is 5.50. The molecule has 1 atom stereocenters. The normalized spacial score (nSPS) is 15.9. The molecule has 1 heterocycles. The molecule has 0 saturated carbocycles. The molecule has 4 nitrogen and oxygen atoms in total. The first-order valence-corrected chi connectivity index (χ1v) is 6.48. The lowest BCUT2D eigenvalue weighted by molar-refractivity contribution is -0.117. The van der Waals surface area contributed by atoms with Crippen LogP contribution in [0.5, 0.6) is 0 Å². The molecule has 1 amide bonds. The number of carbonyl (C=O) groups excluding carboxylic acids is 1. The zero-order valence-electron chi connectivity index (χ0n) is 10.9. The Labute approximate surface area is 108 Å². The van der Waals surface area contributed by atoms with Crippen LogP contribution in [0.15, 0.2) is 18.2 Å². The molecule has 0 saturated heterocycles. The minimum absolute atomic E-state index is 0.183. The number of fused-ring (bicyclic) bond motifs is 1. The lowest BCUT2D eigenvalue weighted by Gasteiger charge is -2.21. The maximum absolute atomic E-state index is 12.0. The predicted octanol–water partition coefficient (Wildman–Crippen LogP) is 1.02. The van der Waals surface area contributed by atoms with Crippen LogP contribution in [0.25, 0.3) is 0 Å². The Bertz CT molecular complexity index is 445. The van der Waals surface area contributed by atoms with Gasteiger partial charge >= 0.3 is 0 Å². The second-order valence-corrected chi connectivity index (χ2v) is 5.03. The number of amides is 1. The molecular formula is C14H21N3O. The summed E-state index contributed by atoms with van der Waals surface area (Å²) in [5, 5.41) is 0. The lowest BCUT2D eigenvalue weighted by atomic mass is 10.1. The highest BCUT2D eigenvalue weighted by molar-refractivity contribution is 6.01. The van der Waals surface area contributed by atoms with Crippen molar-refractivity contribution in [1.29, 1.82) is 0 Å². The van der Waals surface area contributed by atoms with E-state index in [0.29, 0.717) is 25.4 Å². The minimum Gasteiger partial charge on any atom is -0.330 e. The van der Waals surface area contributed by atoms with E-state index in [0.717, 1.165) is 29.8 Å². The Morgan fingerprint density at radius 1 is 1.39 bits per heavy atom. The van der Waals surface area contributed by atoms with Crippen molar-refractivity contribution in [2.75, 3.05) is 18.0 Å². The van der Waals surface area contributed by atoms with Crippen LogP contribution in [0.1, 0.15) is 24.5 Å². The molecular weight excluding hydrogens is 226 g/mol. The molecule has 4 heteroatoms. The summed E-state index contributed by atoms with van der Waals surface area (Å²) >= 11 is 0.